The number of hydrogen-bond acceptors (Lipinski definition) is 5. The number of methoxy groups -OCH3 is 1. The zero-order chi connectivity index (χ0) is 21.1. The van der Waals surface area contributed by atoms with E-state index < -0.39 is 11.3 Å². The van der Waals surface area contributed by atoms with Gasteiger partial charge in [-0.25, -0.2) is 4.68 Å². The highest BCUT2D eigenvalue weighted by Crippen LogP contribution is 2.29. The molecule has 4 aromatic rings. The zero-order valence-electron chi connectivity index (χ0n) is 16.4. The van der Waals surface area contributed by atoms with Crippen LogP contribution in [-0.2, 0) is 0 Å². The fraction of sp³-hybridized carbons (Fsp3) is 0.0909. The number of ether oxygens (including phenoxy) is 1. The third-order valence-electron chi connectivity index (χ3n) is 4.54. The van der Waals surface area contributed by atoms with E-state index in [1.54, 1.807) is 24.8 Å². The lowest BCUT2D eigenvalue weighted by molar-refractivity contribution is 0.101. The fourth-order valence-corrected chi connectivity index (χ4v) is 3.10. The Hall–Kier alpha value is -4.20. The molecule has 1 amide bonds. The minimum atomic E-state index is -0.636. The normalized spacial score (nSPS) is 10.6. The monoisotopic (exact) mass is 401 g/mol. The Kier molecular flexibility index (Phi) is 5.13. The molecule has 2 aromatic carbocycles. The van der Waals surface area contributed by atoms with Gasteiger partial charge in [0.25, 0.3) is 5.91 Å². The largest absolute Gasteiger partial charge is 0.496 e. The van der Waals surface area contributed by atoms with Gasteiger partial charge < -0.3 is 10.1 Å². The second kappa shape index (κ2) is 8.04. The average molecular weight is 401 g/mol. The van der Waals surface area contributed by atoms with Gasteiger partial charge in [0, 0.05) is 23.4 Å². The molecule has 2 aromatic heterocycles. The van der Waals surface area contributed by atoms with E-state index in [-0.39, 0.29) is 11.5 Å². The molecule has 2 heterocycles. The molecular weight excluding hydrogens is 382 g/mol. The number of aromatic amines is 1. The molecule has 0 aliphatic rings. The van der Waals surface area contributed by atoms with E-state index in [0.717, 1.165) is 11.3 Å². The summed E-state index contributed by atoms with van der Waals surface area (Å²) in [6, 6.07) is 19.8. The van der Waals surface area contributed by atoms with Gasteiger partial charge in [0.2, 0.25) is 5.43 Å². The summed E-state index contributed by atoms with van der Waals surface area (Å²) in [6.45, 7) is 1.76. The minimum Gasteiger partial charge on any atom is -0.496 e. The summed E-state index contributed by atoms with van der Waals surface area (Å²) in [4.78, 5) is 25.1. The average Bonchev–Trinajstić information content (AvgIpc) is 3.22. The lowest BCUT2D eigenvalue weighted by Crippen LogP contribution is -2.27. The lowest BCUT2D eigenvalue weighted by atomic mass is 10.1. The van der Waals surface area contributed by atoms with Crippen molar-refractivity contribution < 1.29 is 9.53 Å². The fourth-order valence-electron chi connectivity index (χ4n) is 3.10. The standard InChI is InChI=1S/C22H19N5O3/c1-14-12-18(28)21(26-27(14)15-8-4-3-5-9-15)22(29)23-20-13-17(24-25-20)16-10-6-7-11-19(16)30-2/h3-13H,1-2H3,(H2,23,24,25,29). The third kappa shape index (κ3) is 3.70. The molecule has 0 radical (unpaired) electrons. The van der Waals surface area contributed by atoms with E-state index in [1.165, 1.54) is 6.07 Å². The first-order valence-corrected chi connectivity index (χ1v) is 9.23. The van der Waals surface area contributed by atoms with Crippen molar-refractivity contribution in [3.63, 3.8) is 0 Å². The maximum Gasteiger partial charge on any atom is 0.281 e. The van der Waals surface area contributed by atoms with Gasteiger partial charge in [-0.3, -0.25) is 14.7 Å². The van der Waals surface area contributed by atoms with Crippen molar-refractivity contribution in [3.05, 3.63) is 88.3 Å². The third-order valence-corrected chi connectivity index (χ3v) is 4.54. The number of nitrogens with zero attached hydrogens (tertiary/aromatic N) is 3. The first kappa shape index (κ1) is 19.1. The van der Waals surface area contributed by atoms with Crippen LogP contribution < -0.4 is 15.5 Å². The molecule has 0 saturated carbocycles. The Morgan fingerprint density at radius 1 is 1.07 bits per heavy atom. The van der Waals surface area contributed by atoms with Crippen molar-refractivity contribution >= 4 is 11.7 Å². The summed E-state index contributed by atoms with van der Waals surface area (Å²) >= 11 is 0. The topological polar surface area (TPSA) is 102 Å². The summed E-state index contributed by atoms with van der Waals surface area (Å²) in [5.74, 6) is 0.307. The molecule has 0 saturated heterocycles. The number of nitrogens with one attached hydrogen (secondary N) is 2. The summed E-state index contributed by atoms with van der Waals surface area (Å²) in [7, 11) is 1.58. The van der Waals surface area contributed by atoms with Crippen LogP contribution in [0.5, 0.6) is 5.75 Å². The highest BCUT2D eigenvalue weighted by Gasteiger charge is 2.17. The van der Waals surface area contributed by atoms with Crippen LogP contribution in [0.25, 0.3) is 16.9 Å². The molecule has 0 aliphatic carbocycles. The molecule has 0 bridgehead atoms. The van der Waals surface area contributed by atoms with Crippen molar-refractivity contribution in [3.8, 4) is 22.7 Å². The van der Waals surface area contributed by atoms with E-state index in [1.807, 2.05) is 54.6 Å². The van der Waals surface area contributed by atoms with Crippen LogP contribution in [-0.4, -0.2) is 33.0 Å². The van der Waals surface area contributed by atoms with Crippen LogP contribution >= 0.6 is 0 Å². The molecule has 2 N–H and O–H groups in total. The number of amides is 1. The van der Waals surface area contributed by atoms with Crippen molar-refractivity contribution in [2.75, 3.05) is 12.4 Å². The predicted octanol–water partition coefficient (Wildman–Crippen LogP) is 3.19. The number of H-pyrrole nitrogens is 1. The van der Waals surface area contributed by atoms with E-state index >= 15 is 0 Å². The van der Waals surface area contributed by atoms with Gasteiger partial charge in [0.1, 0.15) is 5.75 Å². The number of para-hydroxylation sites is 2. The summed E-state index contributed by atoms with van der Waals surface area (Å²) in [5, 5.41) is 13.9. The van der Waals surface area contributed by atoms with Crippen LogP contribution in [0.4, 0.5) is 5.82 Å². The predicted molar refractivity (Wildman–Crippen MR) is 113 cm³/mol. The van der Waals surface area contributed by atoms with Crippen LogP contribution in [0.1, 0.15) is 16.2 Å². The van der Waals surface area contributed by atoms with Crippen LogP contribution in [0.3, 0.4) is 0 Å². The molecule has 8 nitrogen and oxygen atoms in total. The quantitative estimate of drug-likeness (QED) is 0.535. The number of anilines is 1. The number of rotatable bonds is 5. The van der Waals surface area contributed by atoms with E-state index in [9.17, 15) is 9.59 Å². The summed E-state index contributed by atoms with van der Waals surface area (Å²) in [5.41, 5.74) is 2.17. The lowest BCUT2D eigenvalue weighted by Gasteiger charge is -2.10. The SMILES string of the molecule is COc1ccccc1-c1cc(NC(=O)c2nn(-c3ccccc3)c(C)cc2=O)n[nH]1. The maximum absolute atomic E-state index is 12.7. The highest BCUT2D eigenvalue weighted by molar-refractivity contribution is 6.02. The highest BCUT2D eigenvalue weighted by atomic mass is 16.5. The smallest absolute Gasteiger partial charge is 0.281 e. The van der Waals surface area contributed by atoms with Gasteiger partial charge in [0.05, 0.1) is 18.5 Å². The molecule has 4 rings (SSSR count). The second-order valence-corrected chi connectivity index (χ2v) is 6.57. The van der Waals surface area contributed by atoms with Gasteiger partial charge in [-0.1, -0.05) is 30.3 Å². The summed E-state index contributed by atoms with van der Waals surface area (Å²) < 4.78 is 6.91. The number of benzene rings is 2. The first-order valence-electron chi connectivity index (χ1n) is 9.23. The first-order chi connectivity index (χ1) is 14.6. The van der Waals surface area contributed by atoms with Gasteiger partial charge in [-0.2, -0.15) is 10.2 Å². The van der Waals surface area contributed by atoms with Crippen LogP contribution in [0.15, 0.2) is 71.5 Å². The molecule has 8 heteroatoms. The second-order valence-electron chi connectivity index (χ2n) is 6.57. The number of carbonyl (C=O) groups is 1. The summed E-state index contributed by atoms with van der Waals surface area (Å²) in [6.07, 6.45) is 0. The van der Waals surface area contributed by atoms with Crippen molar-refractivity contribution in [1.82, 2.24) is 20.0 Å². The van der Waals surface area contributed by atoms with Crippen LogP contribution in [0.2, 0.25) is 0 Å². The van der Waals surface area contributed by atoms with Gasteiger partial charge in [-0.15, -0.1) is 0 Å². The van der Waals surface area contributed by atoms with E-state index in [4.69, 9.17) is 4.74 Å². The molecule has 0 aliphatic heterocycles. The Labute approximate surface area is 172 Å². The molecular formula is C22H19N5O3. The van der Waals surface area contributed by atoms with E-state index in [0.29, 0.717) is 17.1 Å². The van der Waals surface area contributed by atoms with E-state index in [2.05, 4.69) is 20.6 Å². The molecule has 0 spiro atoms. The molecule has 0 unspecified atom stereocenters. The van der Waals surface area contributed by atoms with Crippen molar-refractivity contribution in [2.45, 2.75) is 6.92 Å². The van der Waals surface area contributed by atoms with Crippen LogP contribution in [0, 0.1) is 6.92 Å². The Morgan fingerprint density at radius 2 is 1.80 bits per heavy atom. The Balaban J connectivity index is 1.62. The number of hydrogen-bond donors (Lipinski definition) is 2. The minimum absolute atomic E-state index is 0.216. The molecule has 30 heavy (non-hydrogen) atoms. The molecule has 0 fully saturated rings. The maximum atomic E-state index is 12.7. The van der Waals surface area contributed by atoms with Crippen molar-refractivity contribution in [1.29, 1.82) is 0 Å². The molecule has 150 valence electrons. The van der Waals surface area contributed by atoms with Gasteiger partial charge in [-0.05, 0) is 31.2 Å². The van der Waals surface area contributed by atoms with Gasteiger partial charge >= 0.3 is 0 Å². The molecule has 0 atom stereocenters. The Morgan fingerprint density at radius 3 is 2.57 bits per heavy atom. The number of aryl methyl sites for hydroxylation is 1. The number of carbonyl (C=O) groups excluding carboxylic acids is 1. The van der Waals surface area contributed by atoms with Gasteiger partial charge in [0.15, 0.2) is 11.5 Å². The zero-order valence-corrected chi connectivity index (χ0v) is 16.4. The Bertz CT molecular complexity index is 1260. The number of aromatic nitrogens is 4. The van der Waals surface area contributed by atoms with Crippen molar-refractivity contribution in [2.24, 2.45) is 0 Å².